The van der Waals surface area contributed by atoms with Gasteiger partial charge in [0.15, 0.2) is 0 Å². The molecule has 1 unspecified atom stereocenters. The summed E-state index contributed by atoms with van der Waals surface area (Å²) in [4.78, 5) is 12.4. The fourth-order valence-corrected chi connectivity index (χ4v) is 2.33. The first-order valence-corrected chi connectivity index (χ1v) is 6.58. The summed E-state index contributed by atoms with van der Waals surface area (Å²) >= 11 is 2.52. The number of aromatic nitrogens is 2. The molecule has 0 saturated heterocycles. The summed E-state index contributed by atoms with van der Waals surface area (Å²) in [6.07, 6.45) is 0. The maximum absolute atomic E-state index is 11.9. The van der Waals surface area contributed by atoms with Crippen LogP contribution in [0.3, 0.4) is 0 Å². The van der Waals surface area contributed by atoms with Crippen LogP contribution >= 0.6 is 22.7 Å². The molecular weight excluding hydrogens is 270 g/mol. The van der Waals surface area contributed by atoms with Crippen molar-refractivity contribution in [1.82, 2.24) is 10.2 Å². The minimum atomic E-state index is -1.13. The molecule has 0 saturated carbocycles. The minimum absolute atomic E-state index is 0.340. The minimum Gasteiger partial charge on any atom is -0.290 e. The highest BCUT2D eigenvalue weighted by Crippen LogP contribution is 2.19. The number of ketones is 1. The van der Waals surface area contributed by atoms with Crippen molar-refractivity contribution in [3.63, 3.8) is 0 Å². The number of carbonyl (C=O) groups is 1. The van der Waals surface area contributed by atoms with Crippen LogP contribution in [-0.4, -0.2) is 22.0 Å². The molecule has 0 N–H and O–H groups in total. The maximum Gasteiger partial charge on any atom is 0.251 e. The first-order valence-electron chi connectivity index (χ1n) is 4.89. The molecular formula is C10H7N5OS2. The number of thiophene rings is 1. The van der Waals surface area contributed by atoms with Crippen molar-refractivity contribution in [2.24, 2.45) is 10.2 Å². The molecule has 18 heavy (non-hydrogen) atoms. The van der Waals surface area contributed by atoms with E-state index in [2.05, 4.69) is 20.4 Å². The quantitative estimate of drug-likeness (QED) is 0.634. The molecule has 8 heteroatoms. The molecule has 2 heterocycles. The first kappa shape index (κ1) is 12.5. The molecule has 0 spiro atoms. The van der Waals surface area contributed by atoms with Crippen molar-refractivity contribution in [2.75, 3.05) is 0 Å². The summed E-state index contributed by atoms with van der Waals surface area (Å²) < 4.78 is 0. The maximum atomic E-state index is 11.9. The zero-order chi connectivity index (χ0) is 13.0. The third kappa shape index (κ3) is 2.82. The van der Waals surface area contributed by atoms with Crippen LogP contribution in [0.25, 0.3) is 0 Å². The third-order valence-electron chi connectivity index (χ3n) is 1.91. The van der Waals surface area contributed by atoms with Crippen molar-refractivity contribution in [3.8, 4) is 6.07 Å². The van der Waals surface area contributed by atoms with Crippen LogP contribution < -0.4 is 0 Å². The number of azo groups is 1. The van der Waals surface area contributed by atoms with Crippen LogP contribution in [-0.2, 0) is 0 Å². The second-order valence-corrected chi connectivity index (χ2v) is 5.30. The van der Waals surface area contributed by atoms with Gasteiger partial charge in [0.25, 0.3) is 5.13 Å². The van der Waals surface area contributed by atoms with Gasteiger partial charge in [0.05, 0.1) is 4.88 Å². The molecule has 0 fully saturated rings. The zero-order valence-electron chi connectivity index (χ0n) is 9.27. The van der Waals surface area contributed by atoms with Crippen molar-refractivity contribution in [2.45, 2.75) is 13.0 Å². The van der Waals surface area contributed by atoms with E-state index < -0.39 is 6.04 Å². The fourth-order valence-electron chi connectivity index (χ4n) is 1.12. The Morgan fingerprint density at radius 1 is 1.56 bits per heavy atom. The summed E-state index contributed by atoms with van der Waals surface area (Å²) in [5.74, 6) is -0.350. The second-order valence-electron chi connectivity index (χ2n) is 3.19. The summed E-state index contributed by atoms with van der Waals surface area (Å²) in [7, 11) is 0. The number of hydrogen-bond donors (Lipinski definition) is 0. The smallest absolute Gasteiger partial charge is 0.251 e. The van der Waals surface area contributed by atoms with Crippen LogP contribution in [0, 0.1) is 18.3 Å². The lowest BCUT2D eigenvalue weighted by Gasteiger charge is -1.97. The van der Waals surface area contributed by atoms with Gasteiger partial charge in [-0.25, -0.2) is 0 Å². The topological polar surface area (TPSA) is 91.4 Å². The highest BCUT2D eigenvalue weighted by atomic mass is 32.1. The van der Waals surface area contributed by atoms with Gasteiger partial charge in [-0.2, -0.15) is 10.4 Å². The molecule has 0 aromatic carbocycles. The van der Waals surface area contributed by atoms with E-state index in [1.165, 1.54) is 22.7 Å². The van der Waals surface area contributed by atoms with E-state index in [4.69, 9.17) is 5.26 Å². The average molecular weight is 277 g/mol. The van der Waals surface area contributed by atoms with Gasteiger partial charge in [-0.3, -0.25) is 4.79 Å². The normalized spacial score (nSPS) is 12.4. The third-order valence-corrected chi connectivity index (χ3v) is 3.52. The number of nitrogens with zero attached hydrogens (tertiary/aromatic N) is 5. The van der Waals surface area contributed by atoms with E-state index in [9.17, 15) is 4.79 Å². The Morgan fingerprint density at radius 3 is 2.94 bits per heavy atom. The molecule has 0 aliphatic rings. The predicted molar refractivity (Wildman–Crippen MR) is 67.2 cm³/mol. The van der Waals surface area contributed by atoms with Crippen molar-refractivity contribution >= 4 is 33.6 Å². The number of hydrogen-bond acceptors (Lipinski definition) is 8. The van der Waals surface area contributed by atoms with Gasteiger partial charge in [-0.15, -0.1) is 26.6 Å². The fraction of sp³-hybridized carbons (Fsp3) is 0.200. The Morgan fingerprint density at radius 2 is 2.39 bits per heavy atom. The molecule has 2 aromatic heterocycles. The first-order chi connectivity index (χ1) is 8.70. The highest BCUT2D eigenvalue weighted by Gasteiger charge is 2.20. The standard InChI is InChI=1S/C10H7N5OS2/c1-6-12-14-10(18-6)15-13-7(5-11)9(16)8-3-2-4-17-8/h2-4,7H,1H3. The molecule has 90 valence electrons. The summed E-state index contributed by atoms with van der Waals surface area (Å²) in [6, 6.07) is 4.09. The number of aryl methyl sites for hydroxylation is 1. The zero-order valence-corrected chi connectivity index (χ0v) is 10.9. The lowest BCUT2D eigenvalue weighted by molar-refractivity contribution is 0.0983. The van der Waals surface area contributed by atoms with Gasteiger partial charge < -0.3 is 0 Å². The Bertz CT molecular complexity index is 611. The van der Waals surface area contributed by atoms with Crippen molar-refractivity contribution in [3.05, 3.63) is 27.4 Å². The molecule has 2 rings (SSSR count). The Kier molecular flexibility index (Phi) is 3.86. The van der Waals surface area contributed by atoms with E-state index in [1.807, 2.05) is 6.07 Å². The molecule has 0 aliphatic carbocycles. The average Bonchev–Trinajstić information content (AvgIpc) is 3.01. The number of carbonyl (C=O) groups excluding carboxylic acids is 1. The molecule has 0 radical (unpaired) electrons. The van der Waals surface area contributed by atoms with E-state index in [0.29, 0.717) is 10.0 Å². The van der Waals surface area contributed by atoms with Gasteiger partial charge in [0.1, 0.15) is 11.1 Å². The van der Waals surface area contributed by atoms with E-state index in [0.717, 1.165) is 5.01 Å². The largest absolute Gasteiger partial charge is 0.290 e. The summed E-state index contributed by atoms with van der Waals surface area (Å²) in [6.45, 7) is 1.79. The number of rotatable bonds is 4. The summed E-state index contributed by atoms with van der Waals surface area (Å²) in [5, 5.41) is 26.8. The Hall–Kier alpha value is -1.98. The monoisotopic (exact) mass is 277 g/mol. The molecule has 6 nitrogen and oxygen atoms in total. The van der Waals surface area contributed by atoms with Crippen LogP contribution in [0.4, 0.5) is 5.13 Å². The molecule has 2 aromatic rings. The molecule has 0 amide bonds. The van der Waals surface area contributed by atoms with E-state index >= 15 is 0 Å². The van der Waals surface area contributed by atoms with Crippen molar-refractivity contribution in [1.29, 1.82) is 5.26 Å². The highest BCUT2D eigenvalue weighted by molar-refractivity contribution is 7.14. The van der Waals surface area contributed by atoms with Crippen LogP contribution in [0.5, 0.6) is 0 Å². The lowest BCUT2D eigenvalue weighted by atomic mass is 10.2. The van der Waals surface area contributed by atoms with Crippen LogP contribution in [0.2, 0.25) is 0 Å². The Labute approximate surface area is 111 Å². The van der Waals surface area contributed by atoms with Gasteiger partial charge in [-0.1, -0.05) is 17.4 Å². The second kappa shape index (κ2) is 5.57. The van der Waals surface area contributed by atoms with Crippen molar-refractivity contribution < 1.29 is 4.79 Å². The lowest BCUT2D eigenvalue weighted by Crippen LogP contribution is -2.14. The van der Waals surface area contributed by atoms with Gasteiger partial charge in [0.2, 0.25) is 11.8 Å². The molecule has 0 bridgehead atoms. The van der Waals surface area contributed by atoms with Crippen LogP contribution in [0.1, 0.15) is 14.7 Å². The van der Waals surface area contributed by atoms with Crippen LogP contribution in [0.15, 0.2) is 27.7 Å². The summed E-state index contributed by atoms with van der Waals surface area (Å²) in [5.41, 5.74) is 0. The van der Waals surface area contributed by atoms with Gasteiger partial charge in [0, 0.05) is 0 Å². The molecule has 0 aliphatic heterocycles. The Balaban J connectivity index is 2.13. The molecule has 1 atom stereocenters. The van der Waals surface area contributed by atoms with Gasteiger partial charge in [-0.05, 0) is 18.4 Å². The number of nitriles is 1. The van der Waals surface area contributed by atoms with Gasteiger partial charge >= 0.3 is 0 Å². The SMILES string of the molecule is Cc1nnc(N=NC(C#N)C(=O)c2cccs2)s1. The predicted octanol–water partition coefficient (Wildman–Crippen LogP) is 2.77. The number of Topliss-reactive ketones (excluding diaryl/α,β-unsaturated/α-hetero) is 1. The van der Waals surface area contributed by atoms with E-state index in [1.54, 1.807) is 24.4 Å². The van der Waals surface area contributed by atoms with E-state index in [-0.39, 0.29) is 5.78 Å².